The molecule has 0 aliphatic heterocycles. The molecule has 0 amide bonds. The Bertz CT molecular complexity index is 770. The quantitative estimate of drug-likeness (QED) is 0.448. The first-order valence-electron chi connectivity index (χ1n) is 7.32. The fourth-order valence-corrected chi connectivity index (χ4v) is 3.33. The van der Waals surface area contributed by atoms with Gasteiger partial charge in [0.2, 0.25) is 0 Å². The molecule has 0 unspecified atom stereocenters. The van der Waals surface area contributed by atoms with Crippen LogP contribution in [0.15, 0.2) is 47.4 Å². The first kappa shape index (κ1) is 19.8. The topological polar surface area (TPSA) is 17.1 Å². The second-order valence-electron chi connectivity index (χ2n) is 5.98. The Morgan fingerprint density at radius 2 is 1.68 bits per heavy atom. The molecule has 0 aliphatic rings. The van der Waals surface area contributed by atoms with E-state index in [0.717, 1.165) is 11.0 Å². The van der Waals surface area contributed by atoms with Crippen molar-refractivity contribution >= 4 is 29.1 Å². The van der Waals surface area contributed by atoms with Gasteiger partial charge in [-0.05, 0) is 55.8 Å². The van der Waals surface area contributed by atoms with E-state index in [-0.39, 0.29) is 17.8 Å². The monoisotopic (exact) mass is 390 g/mol. The Balaban J connectivity index is 2.16. The molecule has 7 heteroatoms. The Kier molecular flexibility index (Phi) is 5.84. The number of carbonyl (C=O) groups excluding carboxylic acids is 1. The highest BCUT2D eigenvalue weighted by atomic mass is 35.5. The third-order valence-corrected chi connectivity index (χ3v) is 5.06. The number of rotatable bonds is 5. The van der Waals surface area contributed by atoms with Crippen molar-refractivity contribution in [2.24, 2.45) is 0 Å². The summed E-state index contributed by atoms with van der Waals surface area (Å²) in [6.07, 6.45) is -5.01. The van der Waals surface area contributed by atoms with Crippen LogP contribution in [0.25, 0.3) is 0 Å². The van der Waals surface area contributed by atoms with Crippen LogP contribution in [0, 0.1) is 5.82 Å². The van der Waals surface area contributed by atoms with Crippen LogP contribution in [0.5, 0.6) is 0 Å². The van der Waals surface area contributed by atoms with Crippen LogP contribution in [-0.2, 0) is 17.4 Å². The molecule has 134 valence electrons. The first-order valence-corrected chi connectivity index (χ1v) is 8.52. The van der Waals surface area contributed by atoms with E-state index >= 15 is 0 Å². The summed E-state index contributed by atoms with van der Waals surface area (Å²) in [5, 5.41) is 0.569. The molecular weight excluding hydrogens is 376 g/mol. The molecule has 0 heterocycles. The van der Waals surface area contributed by atoms with Crippen LogP contribution in [0.4, 0.5) is 17.6 Å². The van der Waals surface area contributed by atoms with E-state index in [4.69, 9.17) is 11.6 Å². The van der Waals surface area contributed by atoms with Crippen molar-refractivity contribution in [2.45, 2.75) is 36.1 Å². The molecule has 0 radical (unpaired) electrons. The molecule has 0 aromatic heterocycles. The maximum atomic E-state index is 13.3. The van der Waals surface area contributed by atoms with E-state index in [1.165, 1.54) is 17.8 Å². The van der Waals surface area contributed by atoms with E-state index < -0.39 is 22.3 Å². The van der Waals surface area contributed by atoms with Crippen molar-refractivity contribution in [3.8, 4) is 0 Å². The summed E-state index contributed by atoms with van der Waals surface area (Å²) in [6.45, 7) is 3.39. The number of benzene rings is 2. The normalized spacial score (nSPS) is 12.3. The molecule has 0 saturated carbocycles. The maximum Gasteiger partial charge on any atom is 0.419 e. The molecule has 2 rings (SSSR count). The molecule has 1 nitrogen and oxygen atoms in total. The van der Waals surface area contributed by atoms with Gasteiger partial charge in [0.05, 0.1) is 10.3 Å². The minimum atomic E-state index is -4.79. The molecule has 2 aromatic carbocycles. The third kappa shape index (κ3) is 5.22. The molecular formula is C18H15ClF4OS. The van der Waals surface area contributed by atoms with Crippen LogP contribution in [0.3, 0.4) is 0 Å². The lowest BCUT2D eigenvalue weighted by Gasteiger charge is -2.23. The number of thioether (sulfide) groups is 1. The van der Waals surface area contributed by atoms with Gasteiger partial charge in [-0.15, -0.1) is 11.8 Å². The molecule has 0 bridgehead atoms. The molecule has 0 N–H and O–H groups in total. The van der Waals surface area contributed by atoms with Gasteiger partial charge >= 0.3 is 6.18 Å². The van der Waals surface area contributed by atoms with Crippen LogP contribution < -0.4 is 0 Å². The zero-order valence-corrected chi connectivity index (χ0v) is 15.0. The lowest BCUT2D eigenvalue weighted by Crippen LogP contribution is -2.29. The van der Waals surface area contributed by atoms with Gasteiger partial charge in [-0.3, -0.25) is 4.79 Å². The van der Waals surface area contributed by atoms with Gasteiger partial charge in [-0.2, -0.15) is 13.2 Å². The van der Waals surface area contributed by atoms with Gasteiger partial charge in [0, 0.05) is 16.3 Å². The lowest BCUT2D eigenvalue weighted by atomic mass is 9.98. The fraction of sp³-hybridized carbons (Fsp3) is 0.278. The number of ketones is 1. The maximum absolute atomic E-state index is 13.3. The van der Waals surface area contributed by atoms with Crippen molar-refractivity contribution in [1.82, 2.24) is 0 Å². The Morgan fingerprint density at radius 1 is 1.08 bits per heavy atom. The SMILES string of the molecule is CC(C)(Sc1ccc(Cl)cc1)C(=O)Cc1ccc(F)c(C(F)(F)F)c1. The summed E-state index contributed by atoms with van der Waals surface area (Å²) in [7, 11) is 0. The first-order chi connectivity index (χ1) is 11.5. The predicted octanol–water partition coefficient (Wildman–Crippen LogP) is 6.18. The molecule has 0 fully saturated rings. The highest BCUT2D eigenvalue weighted by molar-refractivity contribution is 8.01. The lowest BCUT2D eigenvalue weighted by molar-refractivity contribution is -0.140. The van der Waals surface area contributed by atoms with Crippen LogP contribution in [0.2, 0.25) is 5.02 Å². The van der Waals surface area contributed by atoms with Crippen molar-refractivity contribution < 1.29 is 22.4 Å². The largest absolute Gasteiger partial charge is 0.419 e. The summed E-state index contributed by atoms with van der Waals surface area (Å²) in [4.78, 5) is 13.3. The minimum absolute atomic E-state index is 0.128. The second-order valence-corrected chi connectivity index (χ2v) is 8.11. The zero-order valence-electron chi connectivity index (χ0n) is 13.5. The Morgan fingerprint density at radius 3 is 2.24 bits per heavy atom. The molecule has 2 aromatic rings. The molecule has 0 atom stereocenters. The van der Waals surface area contributed by atoms with E-state index in [1.54, 1.807) is 38.1 Å². The average molecular weight is 391 g/mol. The average Bonchev–Trinajstić information content (AvgIpc) is 2.50. The summed E-state index contributed by atoms with van der Waals surface area (Å²) < 4.78 is 50.8. The number of halogens is 5. The smallest absolute Gasteiger partial charge is 0.298 e. The van der Waals surface area contributed by atoms with Crippen LogP contribution >= 0.6 is 23.4 Å². The van der Waals surface area contributed by atoms with Gasteiger partial charge in [0.1, 0.15) is 5.82 Å². The molecule has 0 spiro atoms. The number of hydrogen-bond donors (Lipinski definition) is 0. The summed E-state index contributed by atoms with van der Waals surface area (Å²) >= 11 is 7.11. The Hall–Kier alpha value is -1.53. The third-order valence-electron chi connectivity index (χ3n) is 3.56. The van der Waals surface area contributed by atoms with Gasteiger partial charge in [0.25, 0.3) is 0 Å². The summed E-state index contributed by atoms with van der Waals surface area (Å²) in [5.41, 5.74) is -1.23. The van der Waals surface area contributed by atoms with Gasteiger partial charge in [0.15, 0.2) is 5.78 Å². The highest BCUT2D eigenvalue weighted by Crippen LogP contribution is 2.36. The molecule has 0 aliphatic carbocycles. The summed E-state index contributed by atoms with van der Waals surface area (Å²) in [5.74, 6) is -1.61. The van der Waals surface area contributed by atoms with E-state index in [9.17, 15) is 22.4 Å². The van der Waals surface area contributed by atoms with Crippen LogP contribution in [0.1, 0.15) is 25.0 Å². The second kappa shape index (κ2) is 7.38. The van der Waals surface area contributed by atoms with Gasteiger partial charge in [-0.1, -0.05) is 17.7 Å². The van der Waals surface area contributed by atoms with E-state index in [1.807, 2.05) is 0 Å². The van der Waals surface area contributed by atoms with E-state index in [2.05, 4.69) is 0 Å². The standard InChI is InChI=1S/C18H15ClF4OS/c1-17(2,25-13-6-4-12(19)5-7-13)16(24)10-11-3-8-15(20)14(9-11)18(21,22)23/h3-9H,10H2,1-2H3. The van der Waals surface area contributed by atoms with Crippen molar-refractivity contribution in [3.05, 3.63) is 64.4 Å². The number of hydrogen-bond acceptors (Lipinski definition) is 2. The zero-order chi connectivity index (χ0) is 18.8. The number of Topliss-reactive ketones (excluding diaryl/α,β-unsaturated/α-hetero) is 1. The fourth-order valence-electron chi connectivity index (χ4n) is 2.15. The Labute approximate surface area is 152 Å². The highest BCUT2D eigenvalue weighted by Gasteiger charge is 2.35. The number of carbonyl (C=O) groups is 1. The minimum Gasteiger partial charge on any atom is -0.298 e. The molecule has 25 heavy (non-hydrogen) atoms. The number of alkyl halides is 3. The van der Waals surface area contributed by atoms with Crippen molar-refractivity contribution in [1.29, 1.82) is 0 Å². The van der Waals surface area contributed by atoms with Crippen molar-refractivity contribution in [2.75, 3.05) is 0 Å². The molecule has 0 saturated heterocycles. The van der Waals surface area contributed by atoms with Crippen molar-refractivity contribution in [3.63, 3.8) is 0 Å². The van der Waals surface area contributed by atoms with Gasteiger partial charge in [-0.25, -0.2) is 4.39 Å². The summed E-state index contributed by atoms with van der Waals surface area (Å²) in [6, 6.07) is 9.55. The van der Waals surface area contributed by atoms with Gasteiger partial charge < -0.3 is 0 Å². The van der Waals surface area contributed by atoms with E-state index in [0.29, 0.717) is 11.1 Å². The van der Waals surface area contributed by atoms with Crippen LogP contribution in [-0.4, -0.2) is 10.5 Å². The predicted molar refractivity (Wildman–Crippen MR) is 91.5 cm³/mol.